The van der Waals surface area contributed by atoms with Gasteiger partial charge in [0.2, 0.25) is 0 Å². The van der Waals surface area contributed by atoms with Crippen LogP contribution in [0.4, 0.5) is 11.6 Å². The van der Waals surface area contributed by atoms with Gasteiger partial charge in [-0.2, -0.15) is 0 Å². The molecule has 0 aliphatic rings. The van der Waals surface area contributed by atoms with E-state index in [2.05, 4.69) is 55.2 Å². The Labute approximate surface area is 127 Å². The average Bonchev–Trinajstić information content (AvgIpc) is 2.89. The van der Waals surface area contributed by atoms with Crippen LogP contribution < -0.4 is 10.6 Å². The largest absolute Gasteiger partial charge is 0.369 e. The van der Waals surface area contributed by atoms with Gasteiger partial charge in [-0.1, -0.05) is 34.6 Å². The molecule has 2 aromatic rings. The summed E-state index contributed by atoms with van der Waals surface area (Å²) in [4.78, 5) is 9.05. The number of fused-ring (bicyclic) bond motifs is 1. The molecular weight excluding hydrogens is 262 g/mol. The monoisotopic (exact) mass is 289 g/mol. The molecule has 0 fully saturated rings. The summed E-state index contributed by atoms with van der Waals surface area (Å²) >= 11 is 0. The van der Waals surface area contributed by atoms with E-state index >= 15 is 0 Å². The maximum atomic E-state index is 4.66. The molecule has 1 unspecified atom stereocenters. The fourth-order valence-electron chi connectivity index (χ4n) is 1.94. The summed E-state index contributed by atoms with van der Waals surface area (Å²) in [6, 6.07) is 0. The Balaban J connectivity index is 2.19. The number of anilines is 2. The Morgan fingerprint density at radius 2 is 2.05 bits per heavy atom. The van der Waals surface area contributed by atoms with Gasteiger partial charge in [-0.25, -0.2) is 9.97 Å². The van der Waals surface area contributed by atoms with Gasteiger partial charge in [-0.05, 0) is 17.8 Å². The number of rotatable bonds is 6. The normalized spacial score (nSPS) is 13.4. The van der Waals surface area contributed by atoms with E-state index in [-0.39, 0.29) is 5.41 Å². The molecule has 0 aliphatic heterocycles. The predicted molar refractivity (Wildman–Crippen MR) is 88.9 cm³/mol. The van der Waals surface area contributed by atoms with E-state index in [1.54, 1.807) is 6.20 Å². The second kappa shape index (κ2) is 6.33. The van der Waals surface area contributed by atoms with Crippen molar-refractivity contribution in [2.45, 2.75) is 41.0 Å². The minimum absolute atomic E-state index is 0.275. The van der Waals surface area contributed by atoms with Gasteiger partial charge in [0, 0.05) is 25.5 Å². The Morgan fingerprint density at radius 1 is 1.29 bits per heavy atom. The Bertz CT molecular complexity index is 582. The highest BCUT2D eigenvalue weighted by atomic mass is 15.1. The van der Waals surface area contributed by atoms with Crippen molar-refractivity contribution in [3.8, 4) is 0 Å². The first-order valence-corrected chi connectivity index (χ1v) is 7.73. The maximum Gasteiger partial charge on any atom is 0.180 e. The first-order valence-electron chi connectivity index (χ1n) is 7.73. The van der Waals surface area contributed by atoms with E-state index in [0.717, 1.165) is 36.8 Å². The van der Waals surface area contributed by atoms with Crippen LogP contribution in [0, 0.1) is 11.3 Å². The molecule has 2 aromatic heterocycles. The number of hydrogen-bond donors (Lipinski definition) is 2. The Kier molecular flexibility index (Phi) is 4.70. The molecule has 21 heavy (non-hydrogen) atoms. The van der Waals surface area contributed by atoms with Crippen molar-refractivity contribution in [1.82, 2.24) is 14.4 Å². The molecule has 0 aliphatic carbocycles. The molecule has 0 amide bonds. The lowest BCUT2D eigenvalue weighted by Crippen LogP contribution is -2.25. The van der Waals surface area contributed by atoms with E-state index in [0.29, 0.717) is 5.92 Å². The van der Waals surface area contributed by atoms with Crippen LogP contribution in [0.5, 0.6) is 0 Å². The molecule has 5 heteroatoms. The zero-order chi connectivity index (χ0) is 15.5. The minimum atomic E-state index is 0.275. The quantitative estimate of drug-likeness (QED) is 0.852. The molecule has 5 nitrogen and oxygen atoms in total. The molecule has 1 atom stereocenters. The van der Waals surface area contributed by atoms with Gasteiger partial charge in [0.05, 0.1) is 6.20 Å². The molecule has 0 saturated heterocycles. The first kappa shape index (κ1) is 15.6. The van der Waals surface area contributed by atoms with Crippen LogP contribution >= 0.6 is 0 Å². The van der Waals surface area contributed by atoms with Crippen LogP contribution in [0.3, 0.4) is 0 Å². The number of nitrogens with one attached hydrogen (secondary N) is 2. The molecule has 0 radical (unpaired) electrons. The van der Waals surface area contributed by atoms with Crippen molar-refractivity contribution in [3.05, 3.63) is 18.6 Å². The smallest absolute Gasteiger partial charge is 0.180 e. The average molecular weight is 289 g/mol. The van der Waals surface area contributed by atoms with E-state index in [9.17, 15) is 0 Å². The van der Waals surface area contributed by atoms with Crippen molar-refractivity contribution < 1.29 is 0 Å². The summed E-state index contributed by atoms with van der Waals surface area (Å²) < 4.78 is 2.01. The van der Waals surface area contributed by atoms with Crippen LogP contribution in [-0.4, -0.2) is 27.5 Å². The number of imidazole rings is 1. The minimum Gasteiger partial charge on any atom is -0.369 e. The topological polar surface area (TPSA) is 54.2 Å². The summed E-state index contributed by atoms with van der Waals surface area (Å²) in [7, 11) is 0. The molecule has 0 bridgehead atoms. The molecule has 2 N–H and O–H groups in total. The predicted octanol–water partition coefficient (Wildman–Crippen LogP) is 3.65. The molecule has 2 rings (SSSR count). The van der Waals surface area contributed by atoms with Gasteiger partial charge >= 0.3 is 0 Å². The number of aromatic nitrogens is 3. The standard InChI is InChI=1S/C16H27N5/c1-6-7-17-13-11-21-9-8-18-15(21)14(20-13)19-10-12(2)16(3,4)5/h8-9,11-12,17H,6-7,10H2,1-5H3,(H,19,20). The summed E-state index contributed by atoms with van der Waals surface area (Å²) in [6.07, 6.45) is 6.81. The van der Waals surface area contributed by atoms with E-state index in [4.69, 9.17) is 0 Å². The lowest BCUT2D eigenvalue weighted by atomic mass is 9.82. The fraction of sp³-hybridized carbons (Fsp3) is 0.625. The molecule has 2 heterocycles. The highest BCUT2D eigenvalue weighted by Crippen LogP contribution is 2.26. The Hall–Kier alpha value is -1.78. The van der Waals surface area contributed by atoms with Crippen LogP contribution in [0.2, 0.25) is 0 Å². The molecular formula is C16H27N5. The van der Waals surface area contributed by atoms with Gasteiger partial charge < -0.3 is 15.0 Å². The zero-order valence-electron chi connectivity index (χ0n) is 13.8. The van der Waals surface area contributed by atoms with Crippen LogP contribution in [0.25, 0.3) is 5.65 Å². The lowest BCUT2D eigenvalue weighted by molar-refractivity contribution is 0.274. The van der Waals surface area contributed by atoms with Crippen molar-refractivity contribution >= 4 is 17.3 Å². The molecule has 0 spiro atoms. The van der Waals surface area contributed by atoms with Gasteiger partial charge in [-0.15, -0.1) is 0 Å². The van der Waals surface area contributed by atoms with Gasteiger partial charge in [0.25, 0.3) is 0 Å². The van der Waals surface area contributed by atoms with E-state index in [1.165, 1.54) is 0 Å². The SMILES string of the molecule is CCCNc1cn2ccnc2c(NCC(C)C(C)(C)C)n1. The summed E-state index contributed by atoms with van der Waals surface area (Å²) in [5, 5.41) is 6.80. The summed E-state index contributed by atoms with van der Waals surface area (Å²) in [5.74, 6) is 2.27. The van der Waals surface area contributed by atoms with Crippen LogP contribution in [-0.2, 0) is 0 Å². The van der Waals surface area contributed by atoms with Gasteiger partial charge in [0.1, 0.15) is 5.82 Å². The van der Waals surface area contributed by atoms with Crippen molar-refractivity contribution in [1.29, 1.82) is 0 Å². The van der Waals surface area contributed by atoms with Crippen LogP contribution in [0.1, 0.15) is 41.0 Å². The van der Waals surface area contributed by atoms with Crippen molar-refractivity contribution in [3.63, 3.8) is 0 Å². The Morgan fingerprint density at radius 3 is 2.71 bits per heavy atom. The molecule has 116 valence electrons. The van der Waals surface area contributed by atoms with Gasteiger partial charge in [-0.3, -0.25) is 0 Å². The second-order valence-electron chi connectivity index (χ2n) is 6.71. The van der Waals surface area contributed by atoms with E-state index < -0.39 is 0 Å². The summed E-state index contributed by atoms with van der Waals surface area (Å²) in [5.41, 5.74) is 1.15. The highest BCUT2D eigenvalue weighted by molar-refractivity contribution is 5.65. The third kappa shape index (κ3) is 3.86. The lowest BCUT2D eigenvalue weighted by Gasteiger charge is -2.27. The molecule has 0 saturated carbocycles. The zero-order valence-corrected chi connectivity index (χ0v) is 13.8. The van der Waals surface area contributed by atoms with Crippen LogP contribution in [0.15, 0.2) is 18.6 Å². The first-order chi connectivity index (χ1) is 9.91. The van der Waals surface area contributed by atoms with Crippen molar-refractivity contribution in [2.75, 3.05) is 23.7 Å². The maximum absolute atomic E-state index is 4.66. The third-order valence-corrected chi connectivity index (χ3v) is 3.98. The van der Waals surface area contributed by atoms with Crippen molar-refractivity contribution in [2.24, 2.45) is 11.3 Å². The second-order valence-corrected chi connectivity index (χ2v) is 6.71. The third-order valence-electron chi connectivity index (χ3n) is 3.98. The highest BCUT2D eigenvalue weighted by Gasteiger charge is 2.20. The summed E-state index contributed by atoms with van der Waals surface area (Å²) in [6.45, 7) is 13.0. The van der Waals surface area contributed by atoms with Gasteiger partial charge in [0.15, 0.2) is 11.5 Å². The number of hydrogen-bond acceptors (Lipinski definition) is 4. The molecule has 0 aromatic carbocycles. The number of nitrogens with zero attached hydrogens (tertiary/aromatic N) is 3. The van der Waals surface area contributed by atoms with E-state index in [1.807, 2.05) is 16.8 Å². The fourth-order valence-corrected chi connectivity index (χ4v) is 1.94.